The number of benzene rings is 1. The average Bonchev–Trinajstić information content (AvgIpc) is 3.30. The summed E-state index contributed by atoms with van der Waals surface area (Å²) >= 11 is 8.09. The molecule has 1 aliphatic heterocycles. The van der Waals surface area contributed by atoms with Crippen molar-refractivity contribution in [2.45, 2.75) is 69.6 Å². The molecule has 2 N–H and O–H groups in total. The fourth-order valence-electron chi connectivity index (χ4n) is 5.58. The van der Waals surface area contributed by atoms with Crippen molar-refractivity contribution >= 4 is 29.3 Å². The molecular formula is C29H32ClN3O4S. The van der Waals surface area contributed by atoms with E-state index in [1.807, 2.05) is 51.4 Å². The van der Waals surface area contributed by atoms with Crippen molar-refractivity contribution in [3.63, 3.8) is 0 Å². The van der Waals surface area contributed by atoms with Gasteiger partial charge in [-0.15, -0.1) is 11.8 Å². The Labute approximate surface area is 231 Å². The minimum atomic E-state index is -0.858. The fourth-order valence-corrected chi connectivity index (χ4v) is 6.52. The van der Waals surface area contributed by atoms with Crippen LogP contribution in [0.5, 0.6) is 11.5 Å². The van der Waals surface area contributed by atoms with Crippen LogP contribution < -0.4 is 20.3 Å². The second-order valence-corrected chi connectivity index (χ2v) is 11.5. The molecule has 0 saturated heterocycles. The number of ether oxygens (including phenoxy) is 2. The van der Waals surface area contributed by atoms with Crippen LogP contribution in [0.4, 0.5) is 0 Å². The Morgan fingerprint density at radius 1 is 1.18 bits per heavy atom. The van der Waals surface area contributed by atoms with Gasteiger partial charge in [-0.25, -0.2) is 0 Å². The molecule has 3 aromatic rings. The van der Waals surface area contributed by atoms with E-state index >= 15 is 0 Å². The Hall–Kier alpha value is -2.97. The minimum Gasteiger partial charge on any atom is -0.448 e. The fraction of sp³-hybridized carbons (Fsp3) is 0.414. The first-order chi connectivity index (χ1) is 18.2. The molecule has 1 amide bonds. The number of aromatic amines is 1. The number of hydrogen-bond acceptors (Lipinski definition) is 6. The quantitative estimate of drug-likeness (QED) is 0.355. The van der Waals surface area contributed by atoms with Crippen LogP contribution in [0.15, 0.2) is 46.2 Å². The molecule has 0 unspecified atom stereocenters. The molecule has 1 atom stereocenters. The maximum atomic E-state index is 13.2. The summed E-state index contributed by atoms with van der Waals surface area (Å²) in [5, 5.41) is 3.21. The van der Waals surface area contributed by atoms with Crippen molar-refractivity contribution in [1.29, 1.82) is 0 Å². The second-order valence-electron chi connectivity index (χ2n) is 10.2. The Bertz CT molecular complexity index is 1420. The van der Waals surface area contributed by atoms with E-state index < -0.39 is 5.79 Å². The van der Waals surface area contributed by atoms with Crippen LogP contribution in [0.1, 0.15) is 71.4 Å². The number of aryl methyl sites for hydroxylation is 1. The average molecular weight is 554 g/mol. The number of pyridine rings is 2. The van der Waals surface area contributed by atoms with Crippen LogP contribution in [0, 0.1) is 19.8 Å². The van der Waals surface area contributed by atoms with Crippen LogP contribution in [-0.2, 0) is 6.54 Å². The van der Waals surface area contributed by atoms with Crippen molar-refractivity contribution in [3.05, 3.63) is 80.0 Å². The molecule has 2 aliphatic rings. The first kappa shape index (κ1) is 26.6. The molecule has 7 nitrogen and oxygen atoms in total. The number of carbonyl (C=O) groups excluding carboxylic acids is 1. The SMILES string of the molecule is CSc1cc(C)[nH]c(=O)c1CNC(=O)c1cc(Cl)c2c(c1C)O[C@@](C)([C@H]1CC[C@H](c3ccccn3)CC1)O2. The van der Waals surface area contributed by atoms with Gasteiger partial charge in [0.25, 0.3) is 17.3 Å². The normalized spacial score (nSPS) is 22.3. The number of amides is 1. The van der Waals surface area contributed by atoms with Crippen LogP contribution in [0.25, 0.3) is 0 Å². The van der Waals surface area contributed by atoms with Crippen molar-refractivity contribution in [3.8, 4) is 11.5 Å². The molecule has 0 bridgehead atoms. The molecular weight excluding hydrogens is 522 g/mol. The van der Waals surface area contributed by atoms with Gasteiger partial charge in [-0.2, -0.15) is 0 Å². The van der Waals surface area contributed by atoms with Gasteiger partial charge in [0, 0.05) is 64.5 Å². The summed E-state index contributed by atoms with van der Waals surface area (Å²) in [6.45, 7) is 5.74. The van der Waals surface area contributed by atoms with Crippen LogP contribution in [-0.4, -0.2) is 27.9 Å². The van der Waals surface area contributed by atoms with E-state index in [4.69, 9.17) is 21.1 Å². The van der Waals surface area contributed by atoms with Crippen molar-refractivity contribution in [2.24, 2.45) is 5.92 Å². The van der Waals surface area contributed by atoms with Gasteiger partial charge in [-0.3, -0.25) is 14.6 Å². The van der Waals surface area contributed by atoms with Gasteiger partial charge in [0.2, 0.25) is 0 Å². The van der Waals surface area contributed by atoms with Gasteiger partial charge in [-0.1, -0.05) is 17.7 Å². The van der Waals surface area contributed by atoms with Crippen LogP contribution >= 0.6 is 23.4 Å². The maximum Gasteiger partial charge on any atom is 0.254 e. The summed E-state index contributed by atoms with van der Waals surface area (Å²) < 4.78 is 12.8. The van der Waals surface area contributed by atoms with E-state index in [1.165, 1.54) is 11.8 Å². The molecule has 200 valence electrons. The first-order valence-corrected chi connectivity index (χ1v) is 14.5. The molecule has 9 heteroatoms. The zero-order valence-corrected chi connectivity index (χ0v) is 23.6. The van der Waals surface area contributed by atoms with Gasteiger partial charge < -0.3 is 19.8 Å². The number of H-pyrrole nitrogens is 1. The number of hydrogen-bond donors (Lipinski definition) is 2. The molecule has 0 spiro atoms. The molecule has 3 heterocycles. The van der Waals surface area contributed by atoms with Crippen molar-refractivity contribution in [2.75, 3.05) is 6.26 Å². The lowest BCUT2D eigenvalue weighted by molar-refractivity contribution is -0.121. The third-order valence-electron chi connectivity index (χ3n) is 7.74. The molecule has 38 heavy (non-hydrogen) atoms. The molecule has 1 aliphatic carbocycles. The number of rotatable bonds is 6. The van der Waals surface area contributed by atoms with Crippen molar-refractivity contribution < 1.29 is 14.3 Å². The van der Waals surface area contributed by atoms with Gasteiger partial charge in [0.15, 0.2) is 11.5 Å². The Morgan fingerprint density at radius 2 is 1.92 bits per heavy atom. The van der Waals surface area contributed by atoms with Crippen molar-refractivity contribution in [1.82, 2.24) is 15.3 Å². The lowest BCUT2D eigenvalue weighted by Gasteiger charge is -2.37. The smallest absolute Gasteiger partial charge is 0.254 e. The molecule has 5 rings (SSSR count). The summed E-state index contributed by atoms with van der Waals surface area (Å²) in [5.41, 5.74) is 3.30. The largest absolute Gasteiger partial charge is 0.448 e. The zero-order chi connectivity index (χ0) is 27.0. The number of nitrogens with zero attached hydrogens (tertiary/aromatic N) is 1. The second kappa shape index (κ2) is 10.7. The van der Waals surface area contributed by atoms with Gasteiger partial charge in [0.05, 0.1) is 5.02 Å². The number of thioether (sulfide) groups is 1. The highest BCUT2D eigenvalue weighted by molar-refractivity contribution is 7.98. The Kier molecular flexibility index (Phi) is 7.47. The zero-order valence-electron chi connectivity index (χ0n) is 22.0. The summed E-state index contributed by atoms with van der Waals surface area (Å²) in [7, 11) is 0. The maximum absolute atomic E-state index is 13.2. The van der Waals surface area contributed by atoms with E-state index in [0.717, 1.165) is 42.0 Å². The van der Waals surface area contributed by atoms with Gasteiger partial charge >= 0.3 is 0 Å². The molecule has 0 radical (unpaired) electrons. The van der Waals surface area contributed by atoms with Gasteiger partial charge in [-0.05, 0) is 70.1 Å². The monoisotopic (exact) mass is 553 g/mol. The summed E-state index contributed by atoms with van der Waals surface area (Å²) in [6.07, 6.45) is 7.66. The number of carbonyl (C=O) groups is 1. The van der Waals surface area contributed by atoms with E-state index in [1.54, 1.807) is 6.07 Å². The standard InChI is InChI=1S/C29H32ClN3O4S/c1-16-13-24(38-4)21(28(35)33-16)15-32-27(34)20-14-22(30)26-25(17(20)2)36-29(3,37-26)19-10-8-18(9-11-19)23-7-5-6-12-31-23/h5-7,12-14,18-19H,8-11,15H2,1-4H3,(H,32,34)(H,33,35)/t18-,19-,29-/m1/s1. The third-order valence-corrected chi connectivity index (χ3v) is 8.83. The lowest BCUT2D eigenvalue weighted by Crippen LogP contribution is -2.44. The minimum absolute atomic E-state index is 0.105. The van der Waals surface area contributed by atoms with E-state index in [9.17, 15) is 9.59 Å². The Balaban J connectivity index is 1.31. The highest BCUT2D eigenvalue weighted by Gasteiger charge is 2.47. The van der Waals surface area contributed by atoms with Crippen LogP contribution in [0.3, 0.4) is 0 Å². The number of nitrogens with one attached hydrogen (secondary N) is 2. The Morgan fingerprint density at radius 3 is 2.61 bits per heavy atom. The highest BCUT2D eigenvalue weighted by Crippen LogP contribution is 2.52. The lowest BCUT2D eigenvalue weighted by atomic mass is 9.77. The predicted octanol–water partition coefficient (Wildman–Crippen LogP) is 6.15. The summed E-state index contributed by atoms with van der Waals surface area (Å²) in [5.74, 6) is 0.425. The predicted molar refractivity (Wildman–Crippen MR) is 150 cm³/mol. The summed E-state index contributed by atoms with van der Waals surface area (Å²) in [4.78, 5) is 33.9. The topological polar surface area (TPSA) is 93.3 Å². The van der Waals surface area contributed by atoms with E-state index in [2.05, 4.69) is 21.4 Å². The number of fused-ring (bicyclic) bond motifs is 1. The van der Waals surface area contributed by atoms with Crippen LogP contribution in [0.2, 0.25) is 5.02 Å². The molecule has 1 fully saturated rings. The third kappa shape index (κ3) is 5.04. The highest BCUT2D eigenvalue weighted by atomic mass is 35.5. The van der Waals surface area contributed by atoms with E-state index in [0.29, 0.717) is 39.1 Å². The van der Waals surface area contributed by atoms with E-state index in [-0.39, 0.29) is 23.9 Å². The molecule has 1 aromatic carbocycles. The number of halogens is 1. The summed E-state index contributed by atoms with van der Waals surface area (Å²) in [6, 6.07) is 9.60. The number of aromatic nitrogens is 2. The molecule has 2 aromatic heterocycles. The first-order valence-electron chi connectivity index (χ1n) is 12.9. The molecule has 1 saturated carbocycles. The van der Waals surface area contributed by atoms with Gasteiger partial charge in [0.1, 0.15) is 0 Å².